The summed E-state index contributed by atoms with van der Waals surface area (Å²) < 4.78 is 18.0. The summed E-state index contributed by atoms with van der Waals surface area (Å²) in [7, 11) is 0. The van der Waals surface area contributed by atoms with Gasteiger partial charge in [-0.3, -0.25) is 4.79 Å². The van der Waals surface area contributed by atoms with Crippen LogP contribution in [-0.2, 0) is 5.41 Å². The van der Waals surface area contributed by atoms with Crippen LogP contribution in [0.25, 0.3) is 22.3 Å². The second-order valence-electron chi connectivity index (χ2n) is 9.43. The largest absolute Gasteiger partial charge is 0.490 e. The highest BCUT2D eigenvalue weighted by molar-refractivity contribution is 5.82. The average Bonchev–Trinajstić information content (AvgIpc) is 2.79. The van der Waals surface area contributed by atoms with Crippen LogP contribution in [0, 0.1) is 13.8 Å². The predicted molar refractivity (Wildman–Crippen MR) is 134 cm³/mol. The molecule has 0 aliphatic rings. The Balaban J connectivity index is 1.66. The van der Waals surface area contributed by atoms with Crippen molar-refractivity contribution in [2.45, 2.75) is 40.0 Å². The molecule has 0 bridgehead atoms. The number of rotatable bonds is 6. The molecule has 0 spiro atoms. The zero-order valence-corrected chi connectivity index (χ0v) is 19.9. The lowest BCUT2D eigenvalue weighted by Gasteiger charge is -2.19. The molecule has 0 amide bonds. The van der Waals surface area contributed by atoms with Crippen molar-refractivity contribution >= 4 is 11.0 Å². The number of hydrogen-bond donors (Lipinski definition) is 0. The fourth-order valence-corrected chi connectivity index (χ4v) is 3.67. The van der Waals surface area contributed by atoms with Crippen molar-refractivity contribution in [3.8, 4) is 22.8 Å². The van der Waals surface area contributed by atoms with E-state index in [2.05, 4.69) is 32.9 Å². The van der Waals surface area contributed by atoms with E-state index in [9.17, 15) is 4.79 Å². The molecule has 4 rings (SSSR count). The van der Waals surface area contributed by atoms with Crippen molar-refractivity contribution < 1.29 is 13.9 Å². The lowest BCUT2D eigenvalue weighted by Crippen LogP contribution is -2.15. The van der Waals surface area contributed by atoms with Crippen molar-refractivity contribution in [2.75, 3.05) is 13.2 Å². The molecular formula is C29H30O4. The molecule has 1 heterocycles. The molecule has 0 saturated carbocycles. The first-order valence-electron chi connectivity index (χ1n) is 11.2. The fraction of sp³-hybridized carbons (Fsp3) is 0.276. The van der Waals surface area contributed by atoms with E-state index in [1.54, 1.807) is 0 Å². The first-order valence-corrected chi connectivity index (χ1v) is 11.2. The standard InChI is InChI=1S/C29H30O4/c1-19-6-13-23(14-7-19)31-16-17-32-28-26(30)24-18-20(2)8-15-25(24)33-27(28)21-9-11-22(12-10-21)29(3,4)5/h6-15,18H,16-17H2,1-5H3. The molecule has 0 saturated heterocycles. The highest BCUT2D eigenvalue weighted by Gasteiger charge is 2.19. The molecule has 4 aromatic rings. The third-order valence-electron chi connectivity index (χ3n) is 5.64. The van der Waals surface area contributed by atoms with Crippen molar-refractivity contribution in [3.63, 3.8) is 0 Å². The van der Waals surface area contributed by atoms with E-state index >= 15 is 0 Å². The third kappa shape index (κ3) is 5.11. The Kier molecular flexibility index (Phi) is 6.28. The Morgan fingerprint density at radius 1 is 0.788 bits per heavy atom. The van der Waals surface area contributed by atoms with Crippen LogP contribution in [0.15, 0.2) is 75.9 Å². The summed E-state index contributed by atoms with van der Waals surface area (Å²) >= 11 is 0. The minimum absolute atomic E-state index is 0.0346. The van der Waals surface area contributed by atoms with Crippen molar-refractivity contribution in [1.29, 1.82) is 0 Å². The van der Waals surface area contributed by atoms with E-state index < -0.39 is 0 Å². The van der Waals surface area contributed by atoms with Crippen LogP contribution in [0.1, 0.15) is 37.5 Å². The van der Waals surface area contributed by atoms with Gasteiger partial charge in [-0.25, -0.2) is 0 Å². The Morgan fingerprint density at radius 2 is 1.42 bits per heavy atom. The maximum Gasteiger partial charge on any atom is 0.235 e. The fourth-order valence-electron chi connectivity index (χ4n) is 3.67. The van der Waals surface area contributed by atoms with Gasteiger partial charge >= 0.3 is 0 Å². The minimum Gasteiger partial charge on any atom is -0.490 e. The molecular weight excluding hydrogens is 412 g/mol. The maximum absolute atomic E-state index is 13.4. The van der Waals surface area contributed by atoms with Gasteiger partial charge in [-0.1, -0.05) is 74.4 Å². The number of fused-ring (bicyclic) bond motifs is 1. The summed E-state index contributed by atoms with van der Waals surface area (Å²) in [6.07, 6.45) is 0. The number of hydrogen-bond acceptors (Lipinski definition) is 4. The van der Waals surface area contributed by atoms with Gasteiger partial charge in [0.15, 0.2) is 5.76 Å². The topological polar surface area (TPSA) is 48.7 Å². The van der Waals surface area contributed by atoms with Gasteiger partial charge < -0.3 is 13.9 Å². The van der Waals surface area contributed by atoms with Gasteiger partial charge in [0.2, 0.25) is 11.2 Å². The van der Waals surface area contributed by atoms with Gasteiger partial charge in [-0.2, -0.15) is 0 Å². The molecule has 0 radical (unpaired) electrons. The predicted octanol–water partition coefficient (Wildman–Crippen LogP) is 6.83. The lowest BCUT2D eigenvalue weighted by atomic mass is 9.86. The Morgan fingerprint density at radius 3 is 2.09 bits per heavy atom. The van der Waals surface area contributed by atoms with Crippen LogP contribution in [-0.4, -0.2) is 13.2 Å². The summed E-state index contributed by atoms with van der Waals surface area (Å²) in [5.41, 5.74) is 4.58. The van der Waals surface area contributed by atoms with E-state index in [0.29, 0.717) is 23.3 Å². The van der Waals surface area contributed by atoms with Gasteiger partial charge in [0, 0.05) is 5.56 Å². The van der Waals surface area contributed by atoms with E-state index in [1.165, 1.54) is 11.1 Å². The molecule has 33 heavy (non-hydrogen) atoms. The SMILES string of the molecule is Cc1ccc(OCCOc2c(-c3ccc(C(C)(C)C)cc3)oc3ccc(C)cc3c2=O)cc1. The van der Waals surface area contributed by atoms with Gasteiger partial charge in [0.05, 0.1) is 5.39 Å². The zero-order valence-electron chi connectivity index (χ0n) is 19.9. The lowest BCUT2D eigenvalue weighted by molar-refractivity contribution is 0.214. The molecule has 0 aliphatic heterocycles. The summed E-state index contributed by atoms with van der Waals surface area (Å²) in [4.78, 5) is 13.4. The van der Waals surface area contributed by atoms with Crippen molar-refractivity contribution in [2.24, 2.45) is 0 Å². The second-order valence-corrected chi connectivity index (χ2v) is 9.43. The number of ether oxygens (including phenoxy) is 2. The number of aryl methyl sites for hydroxylation is 2. The number of benzene rings is 3. The smallest absolute Gasteiger partial charge is 0.235 e. The summed E-state index contributed by atoms with van der Waals surface area (Å²) in [5.74, 6) is 1.42. The minimum atomic E-state index is -0.176. The molecule has 0 fully saturated rings. The summed E-state index contributed by atoms with van der Waals surface area (Å²) in [6.45, 7) is 11.0. The van der Waals surface area contributed by atoms with E-state index in [-0.39, 0.29) is 23.2 Å². The van der Waals surface area contributed by atoms with Crippen molar-refractivity contribution in [3.05, 3.63) is 93.6 Å². The first-order chi connectivity index (χ1) is 15.7. The molecule has 1 aromatic heterocycles. The van der Waals surface area contributed by atoms with E-state index in [0.717, 1.165) is 16.9 Å². The van der Waals surface area contributed by atoms with Crippen LogP contribution in [0.5, 0.6) is 11.5 Å². The normalized spacial score (nSPS) is 11.5. The molecule has 0 aliphatic carbocycles. The average molecular weight is 443 g/mol. The molecule has 4 heteroatoms. The van der Waals surface area contributed by atoms with E-state index in [1.807, 2.05) is 68.4 Å². The molecule has 0 atom stereocenters. The Labute approximate surface area is 194 Å². The first kappa shape index (κ1) is 22.7. The zero-order chi connectivity index (χ0) is 23.6. The third-order valence-corrected chi connectivity index (χ3v) is 5.64. The summed E-state index contributed by atoms with van der Waals surface area (Å²) in [6, 6.07) is 21.5. The highest BCUT2D eigenvalue weighted by Crippen LogP contribution is 2.33. The van der Waals surface area contributed by atoms with Crippen molar-refractivity contribution in [1.82, 2.24) is 0 Å². The van der Waals surface area contributed by atoms with Gasteiger partial charge in [0.25, 0.3) is 0 Å². The molecule has 4 nitrogen and oxygen atoms in total. The van der Waals surface area contributed by atoms with Crippen LogP contribution < -0.4 is 14.9 Å². The van der Waals surface area contributed by atoms with E-state index in [4.69, 9.17) is 13.9 Å². The van der Waals surface area contributed by atoms with Crippen LogP contribution in [0.4, 0.5) is 0 Å². The van der Waals surface area contributed by atoms with Crippen LogP contribution in [0.2, 0.25) is 0 Å². The van der Waals surface area contributed by atoms with Gasteiger partial charge in [0.1, 0.15) is 24.5 Å². The quantitative estimate of drug-likeness (QED) is 0.307. The highest BCUT2D eigenvalue weighted by atomic mass is 16.5. The van der Waals surface area contributed by atoms with Crippen LogP contribution in [0.3, 0.4) is 0 Å². The Hall–Kier alpha value is -3.53. The molecule has 0 N–H and O–H groups in total. The maximum atomic E-state index is 13.4. The molecule has 3 aromatic carbocycles. The summed E-state index contributed by atoms with van der Waals surface area (Å²) in [5, 5.41) is 0.513. The monoisotopic (exact) mass is 442 g/mol. The Bertz CT molecular complexity index is 1310. The second kappa shape index (κ2) is 9.14. The van der Waals surface area contributed by atoms with Crippen LogP contribution >= 0.6 is 0 Å². The van der Waals surface area contributed by atoms with Gasteiger partial charge in [-0.15, -0.1) is 0 Å². The molecule has 170 valence electrons. The molecule has 0 unspecified atom stereocenters. The van der Waals surface area contributed by atoms with Gasteiger partial charge in [-0.05, 0) is 49.1 Å².